The fraction of sp³-hybridized carbons (Fsp3) is 0.591. The summed E-state index contributed by atoms with van der Waals surface area (Å²) in [6.45, 7) is 13.7. The third-order valence-electron chi connectivity index (χ3n) is 5.41. The van der Waals surface area contributed by atoms with E-state index < -0.39 is 0 Å². The van der Waals surface area contributed by atoms with E-state index in [4.69, 9.17) is 4.42 Å². The summed E-state index contributed by atoms with van der Waals surface area (Å²) in [4.78, 5) is 35.2. The molecule has 3 amide bonds. The number of carbonyl (C=O) groups is 2. The van der Waals surface area contributed by atoms with Gasteiger partial charge in [-0.15, -0.1) is 0 Å². The predicted molar refractivity (Wildman–Crippen MR) is 116 cm³/mol. The average molecular weight is 416 g/mol. The SMILES string of the molecule is CCN(CC)C(=O)c1ccc2oc(CN3CCN(C(=O)NCC(C)C)CC3)nc2c1. The monoisotopic (exact) mass is 415 g/mol. The molecule has 3 rings (SSSR count). The zero-order valence-corrected chi connectivity index (χ0v) is 18.5. The van der Waals surface area contributed by atoms with Crippen molar-refractivity contribution in [1.29, 1.82) is 0 Å². The minimum absolute atomic E-state index is 0.00983. The number of hydrogen-bond acceptors (Lipinski definition) is 5. The first-order chi connectivity index (χ1) is 14.4. The van der Waals surface area contributed by atoms with Gasteiger partial charge in [0.05, 0.1) is 6.54 Å². The van der Waals surface area contributed by atoms with Crippen LogP contribution in [0.5, 0.6) is 0 Å². The number of aromatic nitrogens is 1. The summed E-state index contributed by atoms with van der Waals surface area (Å²) >= 11 is 0. The molecule has 1 N–H and O–H groups in total. The highest BCUT2D eigenvalue weighted by Crippen LogP contribution is 2.20. The van der Waals surface area contributed by atoms with E-state index in [1.165, 1.54) is 0 Å². The second-order valence-electron chi connectivity index (χ2n) is 8.11. The summed E-state index contributed by atoms with van der Waals surface area (Å²) in [5.41, 5.74) is 2.02. The highest BCUT2D eigenvalue weighted by atomic mass is 16.3. The number of fused-ring (bicyclic) bond motifs is 1. The van der Waals surface area contributed by atoms with Crippen molar-refractivity contribution in [3.05, 3.63) is 29.7 Å². The summed E-state index contributed by atoms with van der Waals surface area (Å²) in [6, 6.07) is 5.43. The molecule has 1 aromatic carbocycles. The Morgan fingerprint density at radius 1 is 1.17 bits per heavy atom. The third-order valence-corrected chi connectivity index (χ3v) is 5.41. The van der Waals surface area contributed by atoms with Gasteiger partial charge in [-0.1, -0.05) is 13.8 Å². The van der Waals surface area contributed by atoms with E-state index in [9.17, 15) is 9.59 Å². The molecule has 30 heavy (non-hydrogen) atoms. The van der Waals surface area contributed by atoms with Crippen LogP contribution in [-0.4, -0.2) is 77.4 Å². The number of urea groups is 1. The van der Waals surface area contributed by atoms with E-state index in [0.717, 1.165) is 13.1 Å². The second kappa shape index (κ2) is 9.93. The maximum absolute atomic E-state index is 12.6. The minimum atomic E-state index is 0.00983. The lowest BCUT2D eigenvalue weighted by atomic mass is 10.2. The highest BCUT2D eigenvalue weighted by Gasteiger charge is 2.22. The first-order valence-corrected chi connectivity index (χ1v) is 10.8. The lowest BCUT2D eigenvalue weighted by molar-refractivity contribution is 0.0773. The summed E-state index contributed by atoms with van der Waals surface area (Å²) in [6.07, 6.45) is 0. The molecule has 8 nitrogen and oxygen atoms in total. The molecule has 164 valence electrons. The molecule has 1 aliphatic rings. The lowest BCUT2D eigenvalue weighted by Crippen LogP contribution is -2.51. The second-order valence-corrected chi connectivity index (χ2v) is 8.11. The largest absolute Gasteiger partial charge is 0.439 e. The number of nitrogens with zero attached hydrogens (tertiary/aromatic N) is 4. The van der Waals surface area contributed by atoms with Crippen LogP contribution in [0, 0.1) is 5.92 Å². The number of carbonyl (C=O) groups excluding carboxylic acids is 2. The van der Waals surface area contributed by atoms with Crippen LogP contribution in [0.1, 0.15) is 43.9 Å². The van der Waals surface area contributed by atoms with Crippen LogP contribution in [0.15, 0.2) is 22.6 Å². The number of amides is 3. The van der Waals surface area contributed by atoms with Crippen molar-refractivity contribution in [2.75, 3.05) is 45.8 Å². The van der Waals surface area contributed by atoms with Crippen molar-refractivity contribution in [1.82, 2.24) is 25.0 Å². The van der Waals surface area contributed by atoms with E-state index in [-0.39, 0.29) is 11.9 Å². The topological polar surface area (TPSA) is 81.9 Å². The van der Waals surface area contributed by atoms with E-state index in [1.54, 1.807) is 17.0 Å². The van der Waals surface area contributed by atoms with Crippen molar-refractivity contribution in [3.63, 3.8) is 0 Å². The standard InChI is InChI=1S/C22H33N5O3/c1-5-26(6-2)21(28)17-7-8-19-18(13-17)24-20(30-19)15-25-9-11-27(12-10-25)22(29)23-14-16(3)4/h7-8,13,16H,5-6,9-12,14-15H2,1-4H3,(H,23,29). The van der Waals surface area contributed by atoms with Gasteiger partial charge in [-0.05, 0) is 38.0 Å². The van der Waals surface area contributed by atoms with Gasteiger partial charge in [0.1, 0.15) is 5.52 Å². The normalized spacial score (nSPS) is 15.0. The summed E-state index contributed by atoms with van der Waals surface area (Å²) < 4.78 is 5.89. The van der Waals surface area contributed by atoms with E-state index in [2.05, 4.69) is 29.0 Å². The first kappa shape index (κ1) is 22.1. The zero-order valence-electron chi connectivity index (χ0n) is 18.5. The van der Waals surface area contributed by atoms with Crippen molar-refractivity contribution >= 4 is 23.0 Å². The van der Waals surface area contributed by atoms with E-state index in [1.807, 2.05) is 24.8 Å². The van der Waals surface area contributed by atoms with Crippen molar-refractivity contribution in [3.8, 4) is 0 Å². The Balaban J connectivity index is 1.58. The number of oxazole rings is 1. The van der Waals surface area contributed by atoms with Gasteiger partial charge in [0, 0.05) is 51.4 Å². The quantitative estimate of drug-likeness (QED) is 0.752. The maximum Gasteiger partial charge on any atom is 0.317 e. The fourth-order valence-electron chi connectivity index (χ4n) is 3.57. The number of benzene rings is 1. The van der Waals surface area contributed by atoms with Gasteiger partial charge in [-0.3, -0.25) is 9.69 Å². The molecule has 1 aromatic heterocycles. The molecule has 0 aliphatic carbocycles. The molecular weight excluding hydrogens is 382 g/mol. The smallest absolute Gasteiger partial charge is 0.317 e. The minimum Gasteiger partial charge on any atom is -0.439 e. The molecule has 0 unspecified atom stereocenters. The van der Waals surface area contributed by atoms with Crippen molar-refractivity contribution in [2.45, 2.75) is 34.2 Å². The van der Waals surface area contributed by atoms with Gasteiger partial charge >= 0.3 is 6.03 Å². The molecule has 0 spiro atoms. The molecule has 1 fully saturated rings. The third kappa shape index (κ3) is 5.30. The van der Waals surface area contributed by atoms with Gasteiger partial charge in [-0.2, -0.15) is 0 Å². The predicted octanol–water partition coefficient (Wildman–Crippen LogP) is 2.79. The molecule has 2 aromatic rings. The van der Waals surface area contributed by atoms with Gasteiger partial charge < -0.3 is 19.5 Å². The lowest BCUT2D eigenvalue weighted by Gasteiger charge is -2.34. The van der Waals surface area contributed by atoms with Gasteiger partial charge in [0.15, 0.2) is 5.58 Å². The van der Waals surface area contributed by atoms with E-state index in [0.29, 0.717) is 67.7 Å². The Bertz CT molecular complexity index is 867. The van der Waals surface area contributed by atoms with Crippen LogP contribution >= 0.6 is 0 Å². The Morgan fingerprint density at radius 3 is 2.50 bits per heavy atom. The first-order valence-electron chi connectivity index (χ1n) is 10.8. The van der Waals surface area contributed by atoms with Crippen LogP contribution in [0.4, 0.5) is 4.79 Å². The molecule has 0 saturated carbocycles. The van der Waals surface area contributed by atoms with Crippen LogP contribution in [0.25, 0.3) is 11.1 Å². The summed E-state index contributed by atoms with van der Waals surface area (Å²) in [5.74, 6) is 1.09. The summed E-state index contributed by atoms with van der Waals surface area (Å²) in [5, 5.41) is 2.97. The van der Waals surface area contributed by atoms with Gasteiger partial charge in [0.2, 0.25) is 5.89 Å². The fourth-order valence-corrected chi connectivity index (χ4v) is 3.57. The van der Waals surface area contributed by atoms with Crippen LogP contribution in [0.2, 0.25) is 0 Å². The zero-order chi connectivity index (χ0) is 21.7. The van der Waals surface area contributed by atoms with Gasteiger partial charge in [-0.25, -0.2) is 9.78 Å². The maximum atomic E-state index is 12.6. The molecule has 0 atom stereocenters. The Hall–Kier alpha value is -2.61. The number of nitrogens with one attached hydrogen (secondary N) is 1. The average Bonchev–Trinajstić information content (AvgIpc) is 3.14. The number of hydrogen-bond donors (Lipinski definition) is 1. The van der Waals surface area contributed by atoms with E-state index >= 15 is 0 Å². The number of piperazine rings is 1. The number of rotatable bonds is 7. The highest BCUT2D eigenvalue weighted by molar-refractivity contribution is 5.97. The molecular formula is C22H33N5O3. The Morgan fingerprint density at radius 2 is 1.87 bits per heavy atom. The van der Waals surface area contributed by atoms with Crippen LogP contribution in [0.3, 0.4) is 0 Å². The molecule has 0 bridgehead atoms. The van der Waals surface area contributed by atoms with Crippen molar-refractivity contribution in [2.24, 2.45) is 5.92 Å². The van der Waals surface area contributed by atoms with Crippen molar-refractivity contribution < 1.29 is 14.0 Å². The molecule has 0 radical (unpaired) electrons. The van der Waals surface area contributed by atoms with Crippen LogP contribution in [-0.2, 0) is 6.54 Å². The van der Waals surface area contributed by atoms with Gasteiger partial charge in [0.25, 0.3) is 5.91 Å². The molecule has 1 saturated heterocycles. The molecule has 1 aliphatic heterocycles. The molecule has 2 heterocycles. The molecule has 8 heteroatoms. The Kier molecular flexibility index (Phi) is 7.31. The van der Waals surface area contributed by atoms with Crippen LogP contribution < -0.4 is 5.32 Å². The summed E-state index contributed by atoms with van der Waals surface area (Å²) in [7, 11) is 0. The Labute approximate surface area is 178 Å².